The van der Waals surface area contributed by atoms with E-state index in [4.69, 9.17) is 11.6 Å². The Morgan fingerprint density at radius 3 is 2.59 bits per heavy atom. The molecule has 22 heavy (non-hydrogen) atoms. The molecule has 0 saturated carbocycles. The van der Waals surface area contributed by atoms with Gasteiger partial charge in [-0.1, -0.05) is 11.6 Å². The lowest BCUT2D eigenvalue weighted by Gasteiger charge is -2.06. The van der Waals surface area contributed by atoms with Crippen LogP contribution in [0.1, 0.15) is 10.4 Å². The lowest BCUT2D eigenvalue weighted by atomic mass is 10.2. The van der Waals surface area contributed by atoms with E-state index in [0.717, 1.165) is 4.47 Å². The van der Waals surface area contributed by atoms with Crippen molar-refractivity contribution in [3.8, 4) is 5.82 Å². The molecular weight excluding hydrogens is 370 g/mol. The molecular formula is C14H9BrClN5O. The van der Waals surface area contributed by atoms with E-state index >= 15 is 0 Å². The monoisotopic (exact) mass is 377 g/mol. The van der Waals surface area contributed by atoms with Crippen molar-refractivity contribution in [1.29, 1.82) is 0 Å². The minimum Gasteiger partial charge on any atom is -0.321 e. The van der Waals surface area contributed by atoms with Gasteiger partial charge in [-0.05, 0) is 40.2 Å². The fourth-order valence-electron chi connectivity index (χ4n) is 1.74. The fourth-order valence-corrected chi connectivity index (χ4v) is 2.13. The number of anilines is 1. The first-order valence-electron chi connectivity index (χ1n) is 6.21. The van der Waals surface area contributed by atoms with Gasteiger partial charge in [0.2, 0.25) is 0 Å². The second kappa shape index (κ2) is 6.25. The van der Waals surface area contributed by atoms with Crippen LogP contribution >= 0.6 is 27.5 Å². The molecule has 0 aliphatic heterocycles. The minimum absolute atomic E-state index is 0.277. The zero-order valence-corrected chi connectivity index (χ0v) is 13.4. The van der Waals surface area contributed by atoms with Gasteiger partial charge < -0.3 is 5.32 Å². The molecule has 3 heterocycles. The summed E-state index contributed by atoms with van der Waals surface area (Å²) in [5.41, 5.74) is 0.999. The zero-order chi connectivity index (χ0) is 15.5. The first-order chi connectivity index (χ1) is 10.6. The Hall–Kier alpha value is -2.25. The molecule has 0 saturated heterocycles. The molecule has 0 radical (unpaired) electrons. The van der Waals surface area contributed by atoms with Crippen molar-refractivity contribution in [2.45, 2.75) is 0 Å². The van der Waals surface area contributed by atoms with E-state index < -0.39 is 0 Å². The van der Waals surface area contributed by atoms with Gasteiger partial charge in [-0.3, -0.25) is 4.79 Å². The number of nitrogens with one attached hydrogen (secondary N) is 1. The van der Waals surface area contributed by atoms with Crippen LogP contribution in [0.15, 0.2) is 53.5 Å². The lowest BCUT2D eigenvalue weighted by Crippen LogP contribution is -2.12. The van der Waals surface area contributed by atoms with Gasteiger partial charge in [0.15, 0.2) is 5.82 Å². The Labute approximate surface area is 139 Å². The van der Waals surface area contributed by atoms with Gasteiger partial charge in [-0.15, -0.1) is 0 Å². The highest BCUT2D eigenvalue weighted by atomic mass is 79.9. The number of hydrogen-bond donors (Lipinski definition) is 1. The highest BCUT2D eigenvalue weighted by molar-refractivity contribution is 9.10. The van der Waals surface area contributed by atoms with E-state index in [1.54, 1.807) is 47.5 Å². The van der Waals surface area contributed by atoms with Crippen molar-refractivity contribution in [3.63, 3.8) is 0 Å². The molecule has 1 amide bonds. The van der Waals surface area contributed by atoms with E-state index in [9.17, 15) is 4.79 Å². The Bertz CT molecular complexity index is 801. The second-order valence-electron chi connectivity index (χ2n) is 4.33. The lowest BCUT2D eigenvalue weighted by molar-refractivity contribution is 0.102. The van der Waals surface area contributed by atoms with E-state index in [2.05, 4.69) is 36.3 Å². The summed E-state index contributed by atoms with van der Waals surface area (Å²) < 4.78 is 2.49. The van der Waals surface area contributed by atoms with Crippen LogP contribution in [0, 0.1) is 0 Å². The first-order valence-corrected chi connectivity index (χ1v) is 7.38. The van der Waals surface area contributed by atoms with Crippen LogP contribution in [-0.2, 0) is 0 Å². The first kappa shape index (κ1) is 14.7. The highest BCUT2D eigenvalue weighted by Gasteiger charge is 2.07. The van der Waals surface area contributed by atoms with E-state index in [1.807, 2.05) is 0 Å². The van der Waals surface area contributed by atoms with Crippen LogP contribution in [0.4, 0.5) is 5.69 Å². The Balaban J connectivity index is 1.73. The average molecular weight is 379 g/mol. The van der Waals surface area contributed by atoms with Gasteiger partial charge in [0.25, 0.3) is 5.91 Å². The van der Waals surface area contributed by atoms with E-state index in [0.29, 0.717) is 22.2 Å². The quantitative estimate of drug-likeness (QED) is 0.710. The normalized spacial score (nSPS) is 10.5. The molecule has 3 rings (SSSR count). The molecule has 0 aliphatic carbocycles. The van der Waals surface area contributed by atoms with E-state index in [-0.39, 0.29) is 5.91 Å². The van der Waals surface area contributed by atoms with Crippen LogP contribution in [0.2, 0.25) is 5.15 Å². The van der Waals surface area contributed by atoms with Gasteiger partial charge in [-0.25, -0.2) is 14.6 Å². The summed E-state index contributed by atoms with van der Waals surface area (Å²) in [6, 6.07) is 6.68. The van der Waals surface area contributed by atoms with Gasteiger partial charge in [-0.2, -0.15) is 5.10 Å². The third-order valence-electron chi connectivity index (χ3n) is 2.78. The maximum Gasteiger partial charge on any atom is 0.257 e. The Morgan fingerprint density at radius 2 is 2.00 bits per heavy atom. The number of nitrogens with zero attached hydrogens (tertiary/aromatic N) is 4. The molecule has 0 bridgehead atoms. The number of pyridine rings is 2. The van der Waals surface area contributed by atoms with Crippen LogP contribution in [0.3, 0.4) is 0 Å². The molecule has 0 atom stereocenters. The van der Waals surface area contributed by atoms with Crippen molar-refractivity contribution in [1.82, 2.24) is 19.7 Å². The van der Waals surface area contributed by atoms with Crippen LogP contribution in [-0.4, -0.2) is 25.7 Å². The Morgan fingerprint density at radius 1 is 1.14 bits per heavy atom. The number of carbonyl (C=O) groups excluding carboxylic acids is 1. The average Bonchev–Trinajstić information content (AvgIpc) is 2.95. The standard InChI is InChI=1S/C14H9BrClN5O/c15-10-6-19-21(8-10)13-4-2-11(7-18-13)20-14(22)9-1-3-12(16)17-5-9/h1-8H,(H,20,22). The summed E-state index contributed by atoms with van der Waals surface area (Å²) in [5, 5.41) is 7.21. The fraction of sp³-hybridized carbons (Fsp3) is 0. The third kappa shape index (κ3) is 3.32. The van der Waals surface area contributed by atoms with E-state index in [1.165, 1.54) is 6.20 Å². The topological polar surface area (TPSA) is 72.7 Å². The maximum absolute atomic E-state index is 12.0. The maximum atomic E-state index is 12.0. The van der Waals surface area contributed by atoms with Crippen molar-refractivity contribution in [2.75, 3.05) is 5.32 Å². The molecule has 110 valence electrons. The second-order valence-corrected chi connectivity index (χ2v) is 5.63. The molecule has 6 nitrogen and oxygen atoms in total. The van der Waals surface area contributed by atoms with Crippen molar-refractivity contribution < 1.29 is 4.79 Å². The number of hydrogen-bond acceptors (Lipinski definition) is 4. The number of halogens is 2. The predicted molar refractivity (Wildman–Crippen MR) is 86.3 cm³/mol. The highest BCUT2D eigenvalue weighted by Crippen LogP contribution is 2.14. The summed E-state index contributed by atoms with van der Waals surface area (Å²) in [7, 11) is 0. The van der Waals surface area contributed by atoms with Crippen molar-refractivity contribution >= 4 is 39.1 Å². The summed E-state index contributed by atoms with van der Waals surface area (Å²) in [4.78, 5) is 20.2. The largest absolute Gasteiger partial charge is 0.321 e. The summed E-state index contributed by atoms with van der Waals surface area (Å²) in [6.45, 7) is 0. The zero-order valence-electron chi connectivity index (χ0n) is 11.1. The molecule has 3 aromatic heterocycles. The molecule has 8 heteroatoms. The number of amides is 1. The van der Waals surface area contributed by atoms with Gasteiger partial charge in [0, 0.05) is 12.4 Å². The van der Waals surface area contributed by atoms with Gasteiger partial charge in [0.1, 0.15) is 5.15 Å². The molecule has 0 fully saturated rings. The SMILES string of the molecule is O=C(Nc1ccc(-n2cc(Br)cn2)nc1)c1ccc(Cl)nc1. The molecule has 0 aromatic carbocycles. The minimum atomic E-state index is -0.277. The van der Waals surface area contributed by atoms with Crippen LogP contribution < -0.4 is 5.32 Å². The van der Waals surface area contributed by atoms with Crippen LogP contribution in [0.25, 0.3) is 5.82 Å². The third-order valence-corrected chi connectivity index (χ3v) is 3.41. The number of carbonyl (C=O) groups is 1. The van der Waals surface area contributed by atoms with Crippen molar-refractivity contribution in [2.24, 2.45) is 0 Å². The molecule has 0 spiro atoms. The number of rotatable bonds is 3. The molecule has 1 N–H and O–H groups in total. The predicted octanol–water partition coefficient (Wildman–Crippen LogP) is 3.33. The Kier molecular flexibility index (Phi) is 4.17. The van der Waals surface area contributed by atoms with Gasteiger partial charge >= 0.3 is 0 Å². The molecule has 0 unspecified atom stereocenters. The number of aromatic nitrogens is 4. The summed E-state index contributed by atoms with van der Waals surface area (Å²) in [6.07, 6.45) is 6.44. The molecule has 0 aliphatic rings. The smallest absolute Gasteiger partial charge is 0.257 e. The summed E-state index contributed by atoms with van der Waals surface area (Å²) >= 11 is 9.01. The van der Waals surface area contributed by atoms with Gasteiger partial charge in [0.05, 0.1) is 28.1 Å². The van der Waals surface area contributed by atoms with Crippen molar-refractivity contribution in [3.05, 3.63) is 64.2 Å². The summed E-state index contributed by atoms with van der Waals surface area (Å²) in [5.74, 6) is 0.373. The molecule has 3 aromatic rings. The van der Waals surface area contributed by atoms with Crippen LogP contribution in [0.5, 0.6) is 0 Å².